The molecule has 1 saturated heterocycles. The normalized spacial score (nSPS) is 17.3. The fraction of sp³-hybridized carbons (Fsp3) is 0.467. The number of amides is 1. The van der Waals surface area contributed by atoms with Crippen molar-refractivity contribution in [2.45, 2.75) is 63.3 Å². The van der Waals surface area contributed by atoms with E-state index in [2.05, 4.69) is 10.3 Å². The molecule has 1 saturated carbocycles. The van der Waals surface area contributed by atoms with Gasteiger partial charge in [0.2, 0.25) is 11.8 Å². The quantitative estimate of drug-likeness (QED) is 0.294. The van der Waals surface area contributed by atoms with E-state index in [4.69, 9.17) is 18.6 Å². The van der Waals surface area contributed by atoms with Crippen molar-refractivity contribution in [2.75, 3.05) is 27.4 Å². The van der Waals surface area contributed by atoms with Gasteiger partial charge in [-0.05, 0) is 44.2 Å². The van der Waals surface area contributed by atoms with Crippen LogP contribution in [0.4, 0.5) is 0 Å². The summed E-state index contributed by atoms with van der Waals surface area (Å²) >= 11 is 1.30. The van der Waals surface area contributed by atoms with Crippen LogP contribution in [0.3, 0.4) is 0 Å². The third-order valence-electron chi connectivity index (χ3n) is 8.27. The third-order valence-corrected chi connectivity index (χ3v) is 9.57. The van der Waals surface area contributed by atoms with Crippen molar-refractivity contribution in [3.05, 3.63) is 68.7 Å². The van der Waals surface area contributed by atoms with Crippen LogP contribution in [0.5, 0.6) is 5.75 Å². The summed E-state index contributed by atoms with van der Waals surface area (Å²) in [5.74, 6) is 0.806. The summed E-state index contributed by atoms with van der Waals surface area (Å²) in [6, 6.07) is 7.61. The second-order valence-electron chi connectivity index (χ2n) is 10.9. The van der Waals surface area contributed by atoms with Crippen molar-refractivity contribution >= 4 is 27.5 Å². The van der Waals surface area contributed by atoms with E-state index in [-0.39, 0.29) is 25.0 Å². The maximum atomic E-state index is 14.4. The molecular formula is C30H34N4O7S. The first-order valence-corrected chi connectivity index (χ1v) is 14.9. The highest BCUT2D eigenvalue weighted by Crippen LogP contribution is 2.46. The number of ether oxygens (including phenoxy) is 3. The Hall–Kier alpha value is -3.74. The highest BCUT2D eigenvalue weighted by molar-refractivity contribution is 7.22. The van der Waals surface area contributed by atoms with Crippen molar-refractivity contribution in [1.29, 1.82) is 0 Å². The minimum absolute atomic E-state index is 0.0500. The van der Waals surface area contributed by atoms with Crippen molar-refractivity contribution < 1.29 is 23.4 Å². The van der Waals surface area contributed by atoms with Crippen LogP contribution < -0.4 is 21.3 Å². The molecule has 4 heterocycles. The van der Waals surface area contributed by atoms with Crippen molar-refractivity contribution in [3.63, 3.8) is 0 Å². The lowest BCUT2D eigenvalue weighted by atomic mass is 10.1. The molecule has 1 atom stereocenters. The average molecular weight is 595 g/mol. The number of nitrogens with one attached hydrogen (secondary N) is 1. The molecule has 1 N–H and O–H groups in total. The van der Waals surface area contributed by atoms with E-state index in [9.17, 15) is 14.4 Å². The molecule has 0 unspecified atom stereocenters. The molecule has 0 bridgehead atoms. The van der Waals surface area contributed by atoms with Gasteiger partial charge in [-0.2, -0.15) is 0 Å². The van der Waals surface area contributed by atoms with Gasteiger partial charge in [-0.15, -0.1) is 11.3 Å². The number of aryl methyl sites for hydroxylation is 1. The summed E-state index contributed by atoms with van der Waals surface area (Å²) in [5, 5.41) is 3.06. The minimum Gasteiger partial charge on any atom is -0.496 e. The summed E-state index contributed by atoms with van der Waals surface area (Å²) in [6.45, 7) is 3.18. The minimum atomic E-state index is -0.872. The number of nitrogens with zero attached hydrogens (tertiary/aromatic N) is 3. The Kier molecular flexibility index (Phi) is 7.77. The molecule has 0 spiro atoms. The largest absolute Gasteiger partial charge is 0.496 e. The average Bonchev–Trinajstić information content (AvgIpc) is 3.38. The number of carbonyl (C=O) groups is 1. The smallest absolute Gasteiger partial charge is 0.332 e. The molecule has 2 aliphatic rings. The molecule has 11 nitrogen and oxygen atoms in total. The topological polar surface area (TPSA) is 127 Å². The highest BCUT2D eigenvalue weighted by atomic mass is 32.1. The number of hydrogen-bond donors (Lipinski definition) is 1. The zero-order valence-electron chi connectivity index (χ0n) is 23.9. The molecule has 1 aliphatic heterocycles. The molecule has 0 radical (unpaired) electrons. The van der Waals surface area contributed by atoms with Gasteiger partial charge in [0.15, 0.2) is 0 Å². The number of aromatic nitrogens is 3. The lowest BCUT2D eigenvalue weighted by Crippen LogP contribution is -2.47. The molecule has 12 heteroatoms. The number of benzene rings is 1. The Morgan fingerprint density at radius 3 is 2.67 bits per heavy atom. The predicted molar refractivity (Wildman–Crippen MR) is 157 cm³/mol. The second-order valence-corrected chi connectivity index (χ2v) is 11.9. The fourth-order valence-electron chi connectivity index (χ4n) is 5.83. The molecule has 1 aromatic carbocycles. The Balaban J connectivity index is 1.56. The first-order valence-electron chi connectivity index (χ1n) is 14.1. The summed E-state index contributed by atoms with van der Waals surface area (Å²) in [5.41, 5.74) is -0.261. The second kappa shape index (κ2) is 11.5. The van der Waals surface area contributed by atoms with Gasteiger partial charge in [0.05, 0.1) is 48.2 Å². The van der Waals surface area contributed by atoms with Crippen LogP contribution in [0.1, 0.15) is 49.3 Å². The zero-order valence-corrected chi connectivity index (χ0v) is 24.7. The highest BCUT2D eigenvalue weighted by Gasteiger charge is 2.49. The monoisotopic (exact) mass is 594 g/mol. The van der Waals surface area contributed by atoms with Crippen molar-refractivity contribution in [3.8, 4) is 16.5 Å². The first kappa shape index (κ1) is 28.4. The number of fused-ring (bicyclic) bond motifs is 1. The fourth-order valence-corrected chi connectivity index (χ4v) is 7.08. The maximum absolute atomic E-state index is 14.4. The summed E-state index contributed by atoms with van der Waals surface area (Å²) < 4.78 is 26.5. The van der Waals surface area contributed by atoms with Crippen LogP contribution in [0.15, 0.2) is 50.7 Å². The molecule has 1 amide bonds. The number of para-hydroxylation sites is 1. The van der Waals surface area contributed by atoms with E-state index >= 15 is 0 Å². The molecule has 3 aromatic heterocycles. The number of methoxy groups -OCH3 is 1. The van der Waals surface area contributed by atoms with Crippen molar-refractivity contribution in [2.24, 2.45) is 0 Å². The molecular weight excluding hydrogens is 560 g/mol. The van der Waals surface area contributed by atoms with E-state index < -0.39 is 22.9 Å². The van der Waals surface area contributed by atoms with E-state index in [0.717, 1.165) is 18.4 Å². The predicted octanol–water partition coefficient (Wildman–Crippen LogP) is 3.76. The van der Waals surface area contributed by atoms with Crippen LogP contribution in [-0.2, 0) is 26.4 Å². The lowest BCUT2D eigenvalue weighted by molar-refractivity contribution is -0.121. The number of oxazole rings is 1. The zero-order chi connectivity index (χ0) is 29.4. The van der Waals surface area contributed by atoms with Crippen LogP contribution in [0.25, 0.3) is 21.0 Å². The standard InChI is InChI=1S/C30H34N4O7S/c1-18-24-27(36)34(30(10-11-30)16-23(35)31-2)29(37)33(28(24)42-25(18)26-32-12-15-40-26)17-22(41-19-8-13-39-14-9-19)20-6-4-5-7-21(20)38-3/h4-7,12,15,19,22H,8-11,13-14,16-17H2,1-3H3,(H,31,35)/t22-/m0/s1. The van der Waals surface area contributed by atoms with E-state index in [1.165, 1.54) is 22.2 Å². The summed E-state index contributed by atoms with van der Waals surface area (Å²) in [7, 11) is 3.16. The number of rotatable bonds is 10. The molecule has 2 fully saturated rings. The lowest BCUT2D eigenvalue weighted by Gasteiger charge is -2.29. The van der Waals surface area contributed by atoms with Gasteiger partial charge in [-0.25, -0.2) is 9.78 Å². The summed E-state index contributed by atoms with van der Waals surface area (Å²) in [4.78, 5) is 46.6. The third kappa shape index (κ3) is 5.07. The van der Waals surface area contributed by atoms with Gasteiger partial charge in [0, 0.05) is 25.8 Å². The van der Waals surface area contributed by atoms with Crippen LogP contribution >= 0.6 is 11.3 Å². The Morgan fingerprint density at radius 1 is 1.24 bits per heavy atom. The van der Waals surface area contributed by atoms with E-state index in [1.807, 2.05) is 31.2 Å². The molecule has 6 rings (SSSR count). The molecule has 1 aliphatic carbocycles. The Labute approximate surface area is 246 Å². The van der Waals surface area contributed by atoms with Crippen LogP contribution in [0, 0.1) is 6.92 Å². The number of carbonyl (C=O) groups excluding carboxylic acids is 1. The maximum Gasteiger partial charge on any atom is 0.332 e. The van der Waals surface area contributed by atoms with Gasteiger partial charge in [0.1, 0.15) is 22.9 Å². The van der Waals surface area contributed by atoms with E-state index in [1.54, 1.807) is 24.9 Å². The van der Waals surface area contributed by atoms with Gasteiger partial charge >= 0.3 is 5.69 Å². The van der Waals surface area contributed by atoms with Gasteiger partial charge in [-0.1, -0.05) is 18.2 Å². The summed E-state index contributed by atoms with van der Waals surface area (Å²) in [6.07, 6.45) is 5.04. The Bertz CT molecular complexity index is 1710. The molecule has 42 heavy (non-hydrogen) atoms. The number of hydrogen-bond acceptors (Lipinski definition) is 9. The van der Waals surface area contributed by atoms with Gasteiger partial charge in [-0.3, -0.25) is 18.7 Å². The van der Waals surface area contributed by atoms with Crippen LogP contribution in [-0.4, -0.2) is 53.5 Å². The Morgan fingerprint density at radius 2 is 2.00 bits per heavy atom. The van der Waals surface area contributed by atoms with Crippen molar-refractivity contribution in [1.82, 2.24) is 19.4 Å². The molecule has 222 valence electrons. The first-order chi connectivity index (χ1) is 20.4. The SMILES string of the molecule is CNC(=O)CC1(n2c(=O)c3c(C)c(-c4ncco4)sc3n(C[C@H](OC3CCOCC3)c3ccccc3OC)c2=O)CC1. The van der Waals surface area contributed by atoms with Crippen LogP contribution in [0.2, 0.25) is 0 Å². The van der Waals surface area contributed by atoms with Gasteiger partial charge < -0.3 is 23.9 Å². The van der Waals surface area contributed by atoms with E-state index in [0.29, 0.717) is 58.4 Å². The molecule has 4 aromatic rings. The number of thiophene rings is 1. The van der Waals surface area contributed by atoms with Gasteiger partial charge in [0.25, 0.3) is 5.56 Å².